The molecule has 2 aliphatic rings. The number of fused-ring (bicyclic) bond motifs is 1. The van der Waals surface area contributed by atoms with Crippen LogP contribution in [0, 0.1) is 11.8 Å². The number of rotatable bonds is 1. The van der Waals surface area contributed by atoms with Crippen LogP contribution in [-0.2, 0) is 0 Å². The van der Waals surface area contributed by atoms with E-state index in [-0.39, 0.29) is 0 Å². The first-order valence-electron chi connectivity index (χ1n) is 5.79. The minimum absolute atomic E-state index is 0.790. The van der Waals surface area contributed by atoms with Gasteiger partial charge in [0.25, 0.3) is 0 Å². The molecule has 1 aromatic rings. The van der Waals surface area contributed by atoms with Gasteiger partial charge in [-0.3, -0.25) is 0 Å². The third-order valence-corrected chi connectivity index (χ3v) is 4.72. The van der Waals surface area contributed by atoms with E-state index in [1.54, 1.807) is 0 Å². The molecule has 1 aromatic carbocycles. The van der Waals surface area contributed by atoms with Crippen molar-refractivity contribution in [3.8, 4) is 0 Å². The van der Waals surface area contributed by atoms with E-state index in [9.17, 15) is 0 Å². The number of hydrogen-bond donors (Lipinski definition) is 1. The molecule has 1 nitrogen and oxygen atoms in total. The van der Waals surface area contributed by atoms with Crippen LogP contribution in [-0.4, -0.2) is 13.1 Å². The Morgan fingerprint density at radius 1 is 1.07 bits per heavy atom. The summed E-state index contributed by atoms with van der Waals surface area (Å²) < 4.78 is 1.29. The zero-order valence-corrected chi connectivity index (χ0v) is 10.3. The molecule has 0 radical (unpaired) electrons. The maximum Gasteiger partial charge on any atom is 0.0210 e. The molecule has 0 amide bonds. The van der Waals surface area contributed by atoms with Crippen LogP contribution >= 0.6 is 15.9 Å². The van der Waals surface area contributed by atoms with Crippen LogP contribution in [0.25, 0.3) is 0 Å². The molecule has 1 aliphatic heterocycles. The number of halogens is 1. The highest BCUT2D eigenvalue weighted by Gasteiger charge is 2.38. The van der Waals surface area contributed by atoms with E-state index < -0.39 is 0 Å². The van der Waals surface area contributed by atoms with Gasteiger partial charge in [-0.05, 0) is 55.3 Å². The van der Waals surface area contributed by atoms with Crippen LogP contribution in [0.4, 0.5) is 0 Å². The molecule has 15 heavy (non-hydrogen) atoms. The Kier molecular flexibility index (Phi) is 2.57. The van der Waals surface area contributed by atoms with Crippen molar-refractivity contribution in [2.75, 3.05) is 13.1 Å². The van der Waals surface area contributed by atoms with Crippen LogP contribution in [0.1, 0.15) is 24.3 Å². The first-order chi connectivity index (χ1) is 7.34. The maximum atomic E-state index is 3.67. The zero-order chi connectivity index (χ0) is 10.3. The Bertz CT molecular complexity index is 351. The molecule has 3 rings (SSSR count). The van der Waals surface area contributed by atoms with Crippen molar-refractivity contribution >= 4 is 15.9 Å². The fourth-order valence-corrected chi connectivity index (χ4v) is 3.83. The van der Waals surface area contributed by atoms with Crippen LogP contribution < -0.4 is 5.32 Å². The summed E-state index contributed by atoms with van der Waals surface area (Å²) in [5, 5.41) is 3.50. The van der Waals surface area contributed by atoms with Gasteiger partial charge in [-0.1, -0.05) is 34.1 Å². The lowest BCUT2D eigenvalue weighted by Crippen LogP contribution is -2.11. The molecule has 2 unspecified atom stereocenters. The van der Waals surface area contributed by atoms with Gasteiger partial charge < -0.3 is 5.32 Å². The van der Waals surface area contributed by atoms with Crippen molar-refractivity contribution in [2.24, 2.45) is 11.8 Å². The molecule has 1 heterocycles. The Labute approximate surface area is 99.4 Å². The summed E-state index contributed by atoms with van der Waals surface area (Å²) in [6, 6.07) is 8.71. The van der Waals surface area contributed by atoms with Gasteiger partial charge >= 0.3 is 0 Å². The van der Waals surface area contributed by atoms with Gasteiger partial charge in [-0.25, -0.2) is 0 Å². The van der Waals surface area contributed by atoms with Crippen LogP contribution in [0.15, 0.2) is 28.7 Å². The molecule has 0 bridgehead atoms. The predicted molar refractivity (Wildman–Crippen MR) is 66.0 cm³/mol. The van der Waals surface area contributed by atoms with E-state index in [0.29, 0.717) is 0 Å². The smallest absolute Gasteiger partial charge is 0.0210 e. The minimum Gasteiger partial charge on any atom is -0.316 e. The van der Waals surface area contributed by atoms with Crippen molar-refractivity contribution in [2.45, 2.75) is 18.8 Å². The monoisotopic (exact) mass is 265 g/mol. The van der Waals surface area contributed by atoms with E-state index in [0.717, 1.165) is 17.8 Å². The van der Waals surface area contributed by atoms with Gasteiger partial charge in [0.1, 0.15) is 0 Å². The zero-order valence-electron chi connectivity index (χ0n) is 8.75. The summed E-state index contributed by atoms with van der Waals surface area (Å²) in [5.74, 6) is 2.65. The Balaban J connectivity index is 1.82. The molecule has 0 aromatic heterocycles. The summed E-state index contributed by atoms with van der Waals surface area (Å²) in [5.41, 5.74) is 1.52. The molecule has 1 saturated carbocycles. The summed E-state index contributed by atoms with van der Waals surface area (Å²) in [6.07, 6.45) is 2.75. The number of nitrogens with one attached hydrogen (secondary N) is 1. The normalized spacial score (nSPS) is 34.3. The Hall–Kier alpha value is -0.340. The lowest BCUT2D eigenvalue weighted by atomic mass is 9.96. The van der Waals surface area contributed by atoms with Crippen molar-refractivity contribution in [1.82, 2.24) is 5.32 Å². The fraction of sp³-hybridized carbons (Fsp3) is 0.538. The average Bonchev–Trinajstić information content (AvgIpc) is 2.77. The van der Waals surface area contributed by atoms with Gasteiger partial charge in [0.15, 0.2) is 0 Å². The second-order valence-corrected chi connectivity index (χ2v) is 5.72. The summed E-state index contributed by atoms with van der Waals surface area (Å²) in [6.45, 7) is 2.48. The molecule has 1 aliphatic carbocycles. The molecule has 1 saturated heterocycles. The third-order valence-electron chi connectivity index (χ3n) is 4.00. The Morgan fingerprint density at radius 3 is 2.40 bits per heavy atom. The van der Waals surface area contributed by atoms with Crippen molar-refractivity contribution < 1.29 is 0 Å². The van der Waals surface area contributed by atoms with Gasteiger partial charge in [0.05, 0.1) is 0 Å². The SMILES string of the molecule is Brc1ccccc1C1CC2CNCC2C1. The van der Waals surface area contributed by atoms with Gasteiger partial charge in [-0.15, -0.1) is 0 Å². The van der Waals surface area contributed by atoms with E-state index in [1.165, 1.54) is 36.0 Å². The maximum absolute atomic E-state index is 3.67. The summed E-state index contributed by atoms with van der Waals surface area (Å²) in [7, 11) is 0. The topological polar surface area (TPSA) is 12.0 Å². The highest BCUT2D eigenvalue weighted by molar-refractivity contribution is 9.10. The standard InChI is InChI=1S/C13H16BrN/c14-13-4-2-1-3-12(13)9-5-10-7-15-8-11(10)6-9/h1-4,9-11,15H,5-8H2. The molecule has 0 spiro atoms. The fourth-order valence-electron chi connectivity index (χ4n) is 3.23. The molecule has 2 heteroatoms. The van der Waals surface area contributed by atoms with Crippen molar-refractivity contribution in [3.05, 3.63) is 34.3 Å². The Morgan fingerprint density at radius 2 is 1.73 bits per heavy atom. The van der Waals surface area contributed by atoms with E-state index in [2.05, 4.69) is 45.5 Å². The average molecular weight is 266 g/mol. The molecule has 80 valence electrons. The first-order valence-corrected chi connectivity index (χ1v) is 6.59. The lowest BCUT2D eigenvalue weighted by Gasteiger charge is -2.13. The van der Waals surface area contributed by atoms with Crippen molar-refractivity contribution in [1.29, 1.82) is 0 Å². The minimum atomic E-state index is 0.790. The molecule has 1 N–H and O–H groups in total. The second kappa shape index (κ2) is 3.91. The van der Waals surface area contributed by atoms with Crippen LogP contribution in [0.2, 0.25) is 0 Å². The largest absolute Gasteiger partial charge is 0.316 e. The third kappa shape index (κ3) is 1.74. The summed E-state index contributed by atoms with van der Waals surface area (Å²) >= 11 is 3.67. The van der Waals surface area contributed by atoms with E-state index >= 15 is 0 Å². The van der Waals surface area contributed by atoms with Gasteiger partial charge in [-0.2, -0.15) is 0 Å². The van der Waals surface area contributed by atoms with Crippen molar-refractivity contribution in [3.63, 3.8) is 0 Å². The molecular formula is C13H16BrN. The highest BCUT2D eigenvalue weighted by atomic mass is 79.9. The summed E-state index contributed by atoms with van der Waals surface area (Å²) in [4.78, 5) is 0. The van der Waals surface area contributed by atoms with Crippen LogP contribution in [0.5, 0.6) is 0 Å². The molecule has 2 atom stereocenters. The van der Waals surface area contributed by atoms with Gasteiger partial charge in [0.2, 0.25) is 0 Å². The number of benzene rings is 1. The first kappa shape index (κ1) is 9.86. The molecular weight excluding hydrogens is 250 g/mol. The predicted octanol–water partition coefficient (Wildman–Crippen LogP) is 3.16. The lowest BCUT2D eigenvalue weighted by molar-refractivity contribution is 0.494. The van der Waals surface area contributed by atoms with Crippen LogP contribution in [0.3, 0.4) is 0 Å². The van der Waals surface area contributed by atoms with E-state index in [1.807, 2.05) is 0 Å². The quantitative estimate of drug-likeness (QED) is 0.823. The second-order valence-electron chi connectivity index (χ2n) is 4.87. The number of hydrogen-bond acceptors (Lipinski definition) is 1. The van der Waals surface area contributed by atoms with Gasteiger partial charge in [0, 0.05) is 4.47 Å². The molecule has 2 fully saturated rings. The van der Waals surface area contributed by atoms with E-state index in [4.69, 9.17) is 0 Å². The highest BCUT2D eigenvalue weighted by Crippen LogP contribution is 2.45.